The van der Waals surface area contributed by atoms with Crippen molar-refractivity contribution in [3.05, 3.63) is 58.6 Å². The highest BCUT2D eigenvalue weighted by atomic mass is 35.5. The average molecular weight is 398 g/mol. The van der Waals surface area contributed by atoms with Crippen LogP contribution >= 0.6 is 23.4 Å². The molecule has 0 spiro atoms. The van der Waals surface area contributed by atoms with Crippen LogP contribution in [0.1, 0.15) is 25.0 Å². The molecule has 0 bridgehead atoms. The lowest BCUT2D eigenvalue weighted by molar-refractivity contribution is -0.149. The van der Waals surface area contributed by atoms with Gasteiger partial charge in [-0.05, 0) is 43.3 Å². The molecule has 0 radical (unpaired) electrons. The van der Waals surface area contributed by atoms with Gasteiger partial charge in [0.05, 0.1) is 17.4 Å². The summed E-state index contributed by atoms with van der Waals surface area (Å²) in [7, 11) is 0. The molecule has 2 unspecified atom stereocenters. The van der Waals surface area contributed by atoms with Crippen LogP contribution in [0.2, 0.25) is 5.02 Å². The molecular weight excluding hydrogens is 384 g/mol. The largest absolute Gasteiger partial charge is 0.458 e. The Labute approximate surface area is 157 Å². The van der Waals surface area contributed by atoms with E-state index in [1.165, 1.54) is 18.7 Å². The predicted octanol–water partition coefficient (Wildman–Crippen LogP) is 4.73. The number of hydrogen-bond donors (Lipinski definition) is 1. The maximum absolute atomic E-state index is 13.8. The number of carbonyl (C=O) groups excluding carboxylic acids is 2. The topological polar surface area (TPSA) is 55.4 Å². The summed E-state index contributed by atoms with van der Waals surface area (Å²) in [5.74, 6) is -2.30. The number of rotatable bonds is 4. The quantitative estimate of drug-likeness (QED) is 0.758. The van der Waals surface area contributed by atoms with Gasteiger partial charge in [-0.15, -0.1) is 11.8 Å². The third-order valence-electron chi connectivity index (χ3n) is 3.82. The SMILES string of the molecule is CC(OC(=O)CC1Sc2ccc(Cl)cc2NC1=O)c1cc(F)ccc1F. The van der Waals surface area contributed by atoms with E-state index in [1.54, 1.807) is 18.2 Å². The van der Waals surface area contributed by atoms with E-state index < -0.39 is 29.0 Å². The van der Waals surface area contributed by atoms with Crippen molar-refractivity contribution in [2.45, 2.75) is 29.6 Å². The first-order valence-electron chi connectivity index (χ1n) is 7.75. The summed E-state index contributed by atoms with van der Waals surface area (Å²) in [5.41, 5.74) is 0.534. The van der Waals surface area contributed by atoms with Crippen LogP contribution in [0, 0.1) is 11.6 Å². The number of benzene rings is 2. The number of nitrogens with one attached hydrogen (secondary N) is 1. The van der Waals surface area contributed by atoms with Gasteiger partial charge in [0.2, 0.25) is 5.91 Å². The molecule has 0 fully saturated rings. The molecule has 3 rings (SSSR count). The summed E-state index contributed by atoms with van der Waals surface area (Å²) in [6.07, 6.45) is -1.17. The van der Waals surface area contributed by atoms with Gasteiger partial charge in [0.15, 0.2) is 0 Å². The van der Waals surface area contributed by atoms with Crippen molar-refractivity contribution >= 4 is 40.9 Å². The molecule has 0 aromatic heterocycles. The molecule has 0 saturated heterocycles. The smallest absolute Gasteiger partial charge is 0.308 e. The summed E-state index contributed by atoms with van der Waals surface area (Å²) in [5, 5.41) is 2.51. The van der Waals surface area contributed by atoms with E-state index >= 15 is 0 Å². The Kier molecular flexibility index (Phi) is 5.48. The first-order chi connectivity index (χ1) is 12.3. The van der Waals surface area contributed by atoms with Crippen molar-refractivity contribution < 1.29 is 23.1 Å². The molecule has 0 aliphatic carbocycles. The molecule has 2 aromatic carbocycles. The van der Waals surface area contributed by atoms with Crippen LogP contribution < -0.4 is 5.32 Å². The van der Waals surface area contributed by atoms with Crippen LogP contribution in [-0.2, 0) is 14.3 Å². The maximum atomic E-state index is 13.8. The Balaban J connectivity index is 1.65. The van der Waals surface area contributed by atoms with Crippen LogP contribution in [0.25, 0.3) is 0 Å². The number of anilines is 1. The Morgan fingerprint density at radius 2 is 2.08 bits per heavy atom. The van der Waals surface area contributed by atoms with Crippen molar-refractivity contribution in [3.8, 4) is 0 Å². The molecule has 1 N–H and O–H groups in total. The third-order valence-corrected chi connectivity index (χ3v) is 5.33. The fourth-order valence-corrected chi connectivity index (χ4v) is 3.79. The Hall–Kier alpha value is -2.12. The van der Waals surface area contributed by atoms with Gasteiger partial charge in [0.25, 0.3) is 0 Å². The van der Waals surface area contributed by atoms with Crippen molar-refractivity contribution in [2.24, 2.45) is 0 Å². The molecule has 1 heterocycles. The van der Waals surface area contributed by atoms with Crippen molar-refractivity contribution in [2.75, 3.05) is 5.32 Å². The molecule has 1 amide bonds. The Bertz CT molecular complexity index is 878. The van der Waals surface area contributed by atoms with E-state index in [4.69, 9.17) is 16.3 Å². The van der Waals surface area contributed by atoms with Crippen LogP contribution in [0.4, 0.5) is 14.5 Å². The third kappa shape index (κ3) is 4.16. The molecule has 26 heavy (non-hydrogen) atoms. The first-order valence-corrected chi connectivity index (χ1v) is 9.01. The minimum atomic E-state index is -0.971. The molecule has 136 valence electrons. The zero-order valence-corrected chi connectivity index (χ0v) is 15.2. The van der Waals surface area contributed by atoms with Crippen molar-refractivity contribution in [1.29, 1.82) is 0 Å². The van der Waals surface area contributed by atoms with E-state index in [0.717, 1.165) is 23.1 Å². The lowest BCUT2D eigenvalue weighted by Gasteiger charge is -2.24. The number of fused-ring (bicyclic) bond motifs is 1. The van der Waals surface area contributed by atoms with Crippen molar-refractivity contribution in [3.63, 3.8) is 0 Å². The van der Waals surface area contributed by atoms with Crippen LogP contribution in [-0.4, -0.2) is 17.1 Å². The minimum Gasteiger partial charge on any atom is -0.458 e. The van der Waals surface area contributed by atoms with Gasteiger partial charge in [-0.3, -0.25) is 9.59 Å². The highest BCUT2D eigenvalue weighted by Gasteiger charge is 2.30. The lowest BCUT2D eigenvalue weighted by Crippen LogP contribution is -2.31. The molecular formula is C18H14ClF2NO3S. The number of carbonyl (C=O) groups is 2. The lowest BCUT2D eigenvalue weighted by atomic mass is 10.1. The molecule has 1 aliphatic rings. The Morgan fingerprint density at radius 1 is 1.31 bits per heavy atom. The summed E-state index contributed by atoms with van der Waals surface area (Å²) >= 11 is 7.12. The number of hydrogen-bond acceptors (Lipinski definition) is 4. The molecule has 8 heteroatoms. The standard InChI is InChI=1S/C18H14ClF2NO3S/c1-9(12-7-11(20)3-4-13(12)21)25-17(23)8-16-18(24)22-14-6-10(19)2-5-15(14)26-16/h2-7,9,16H,8H2,1H3,(H,22,24). The fourth-order valence-electron chi connectivity index (χ4n) is 2.54. The van der Waals surface area contributed by atoms with Gasteiger partial charge in [-0.1, -0.05) is 11.6 Å². The highest BCUT2D eigenvalue weighted by Crippen LogP contribution is 2.38. The van der Waals surface area contributed by atoms with Crippen molar-refractivity contribution in [1.82, 2.24) is 0 Å². The van der Waals surface area contributed by atoms with E-state index in [0.29, 0.717) is 10.7 Å². The second-order valence-corrected chi connectivity index (χ2v) is 7.42. The summed E-state index contributed by atoms with van der Waals surface area (Å²) in [6.45, 7) is 1.45. The summed E-state index contributed by atoms with van der Waals surface area (Å²) < 4.78 is 32.2. The van der Waals surface area contributed by atoms with Crippen LogP contribution in [0.5, 0.6) is 0 Å². The number of amides is 1. The van der Waals surface area contributed by atoms with Crippen LogP contribution in [0.3, 0.4) is 0 Å². The molecule has 0 saturated carbocycles. The zero-order valence-electron chi connectivity index (χ0n) is 13.6. The monoisotopic (exact) mass is 397 g/mol. The van der Waals surface area contributed by atoms with Gasteiger partial charge in [-0.25, -0.2) is 8.78 Å². The van der Waals surface area contributed by atoms with Gasteiger partial charge in [0.1, 0.15) is 17.7 Å². The normalized spacial score (nSPS) is 17.2. The summed E-state index contributed by atoms with van der Waals surface area (Å²) in [6, 6.07) is 8.02. The first kappa shape index (κ1) is 18.7. The number of thioether (sulfide) groups is 1. The molecule has 4 nitrogen and oxygen atoms in total. The summed E-state index contributed by atoms with van der Waals surface area (Å²) in [4.78, 5) is 25.1. The van der Waals surface area contributed by atoms with Gasteiger partial charge < -0.3 is 10.1 Å². The zero-order chi connectivity index (χ0) is 18.8. The number of ether oxygens (including phenoxy) is 1. The number of esters is 1. The average Bonchev–Trinajstić information content (AvgIpc) is 2.57. The Morgan fingerprint density at radius 3 is 2.85 bits per heavy atom. The van der Waals surface area contributed by atoms with Gasteiger partial charge in [0, 0.05) is 15.5 Å². The van der Waals surface area contributed by atoms with Crippen LogP contribution in [0.15, 0.2) is 41.3 Å². The maximum Gasteiger partial charge on any atom is 0.308 e. The highest BCUT2D eigenvalue weighted by molar-refractivity contribution is 8.01. The van der Waals surface area contributed by atoms with E-state index in [2.05, 4.69) is 5.32 Å². The van der Waals surface area contributed by atoms with E-state index in [-0.39, 0.29) is 17.9 Å². The van der Waals surface area contributed by atoms with Gasteiger partial charge >= 0.3 is 5.97 Å². The van der Waals surface area contributed by atoms with E-state index in [1.807, 2.05) is 0 Å². The second-order valence-electron chi connectivity index (χ2n) is 5.74. The molecule has 2 atom stereocenters. The van der Waals surface area contributed by atoms with E-state index in [9.17, 15) is 18.4 Å². The minimum absolute atomic E-state index is 0.0564. The fraction of sp³-hybridized carbons (Fsp3) is 0.222. The predicted molar refractivity (Wildman–Crippen MR) is 95.2 cm³/mol. The van der Waals surface area contributed by atoms with Gasteiger partial charge in [-0.2, -0.15) is 0 Å². The second kappa shape index (κ2) is 7.63. The molecule has 2 aromatic rings. The molecule has 1 aliphatic heterocycles. The number of halogens is 3.